The fourth-order valence-corrected chi connectivity index (χ4v) is 1.75. The van der Waals surface area contributed by atoms with Gasteiger partial charge in [0.1, 0.15) is 5.67 Å². The highest BCUT2D eigenvalue weighted by Crippen LogP contribution is 2.36. The minimum absolute atomic E-state index is 0.466. The Morgan fingerprint density at radius 1 is 1.21 bits per heavy atom. The van der Waals surface area contributed by atoms with Gasteiger partial charge in [0.15, 0.2) is 0 Å². The molecule has 1 atom stereocenters. The second-order valence-electron chi connectivity index (χ2n) is 3.78. The molecule has 0 aliphatic heterocycles. The molecule has 1 aromatic rings. The van der Waals surface area contributed by atoms with Gasteiger partial charge in [0.25, 0.3) is 0 Å². The maximum atomic E-state index is 14.1. The van der Waals surface area contributed by atoms with Gasteiger partial charge < -0.3 is 0 Å². The molecule has 1 aromatic carbocycles. The molecule has 2 rings (SSSR count). The van der Waals surface area contributed by atoms with E-state index in [1.165, 1.54) is 0 Å². The normalized spacial score (nSPS) is 26.0. The summed E-state index contributed by atoms with van der Waals surface area (Å²) in [6.45, 7) is 1.63. The fraction of sp³-hybridized carbons (Fsp3) is 0.231. The Hall–Kier alpha value is -1.37. The zero-order valence-electron chi connectivity index (χ0n) is 8.20. The lowest BCUT2D eigenvalue weighted by atomic mass is 9.85. The highest BCUT2D eigenvalue weighted by molar-refractivity contribution is 5.74. The highest BCUT2D eigenvalue weighted by atomic mass is 19.1. The number of hydrogen-bond donors (Lipinski definition) is 0. The van der Waals surface area contributed by atoms with Gasteiger partial charge in [-0.25, -0.2) is 4.39 Å². The first-order valence-electron chi connectivity index (χ1n) is 4.82. The second-order valence-corrected chi connectivity index (χ2v) is 3.78. The molecule has 1 aliphatic rings. The summed E-state index contributed by atoms with van der Waals surface area (Å²) in [5.74, 6) is 0. The zero-order chi connectivity index (χ0) is 10.0. The molecule has 72 valence electrons. The Labute approximate surface area is 83.8 Å². The van der Waals surface area contributed by atoms with Gasteiger partial charge in [0, 0.05) is 6.42 Å². The Balaban J connectivity index is 2.43. The molecule has 0 spiro atoms. The predicted octanol–water partition coefficient (Wildman–Crippen LogP) is 3.76. The predicted molar refractivity (Wildman–Crippen MR) is 57.7 cm³/mol. The van der Waals surface area contributed by atoms with Crippen LogP contribution in [0, 0.1) is 0 Å². The molecule has 0 amide bonds. The summed E-state index contributed by atoms with van der Waals surface area (Å²) in [6, 6.07) is 9.71. The number of benzene rings is 1. The van der Waals surface area contributed by atoms with Crippen LogP contribution in [0.4, 0.5) is 4.39 Å². The van der Waals surface area contributed by atoms with Gasteiger partial charge in [-0.05, 0) is 18.1 Å². The van der Waals surface area contributed by atoms with E-state index in [9.17, 15) is 4.39 Å². The topological polar surface area (TPSA) is 0 Å². The molecule has 0 bridgehead atoms. The first-order chi connectivity index (χ1) is 6.70. The monoisotopic (exact) mass is 188 g/mol. The van der Waals surface area contributed by atoms with Crippen molar-refractivity contribution in [1.29, 1.82) is 0 Å². The summed E-state index contributed by atoms with van der Waals surface area (Å²) in [7, 11) is 0. The lowest BCUT2D eigenvalue weighted by Crippen LogP contribution is -2.20. The van der Waals surface area contributed by atoms with Crippen molar-refractivity contribution in [2.45, 2.75) is 19.0 Å². The van der Waals surface area contributed by atoms with Crippen molar-refractivity contribution in [2.75, 3.05) is 0 Å². The van der Waals surface area contributed by atoms with Gasteiger partial charge in [0.05, 0.1) is 0 Å². The molecule has 1 unspecified atom stereocenters. The van der Waals surface area contributed by atoms with Crippen molar-refractivity contribution in [3.63, 3.8) is 0 Å². The average Bonchev–Trinajstić information content (AvgIpc) is 2.18. The van der Waals surface area contributed by atoms with E-state index in [0.717, 1.165) is 11.1 Å². The maximum Gasteiger partial charge on any atom is 0.137 e. The van der Waals surface area contributed by atoms with E-state index in [1.807, 2.05) is 48.6 Å². The first kappa shape index (κ1) is 9.20. The van der Waals surface area contributed by atoms with Gasteiger partial charge in [-0.15, -0.1) is 0 Å². The molecule has 0 fully saturated rings. The van der Waals surface area contributed by atoms with Crippen molar-refractivity contribution in [3.8, 4) is 0 Å². The molecule has 0 radical (unpaired) electrons. The Kier molecular flexibility index (Phi) is 2.24. The number of hydrogen-bond acceptors (Lipinski definition) is 0. The third kappa shape index (κ3) is 1.63. The molecular weight excluding hydrogens is 175 g/mol. The zero-order valence-corrected chi connectivity index (χ0v) is 8.20. The molecule has 0 heterocycles. The molecule has 0 saturated heterocycles. The quantitative estimate of drug-likeness (QED) is 0.629. The van der Waals surface area contributed by atoms with Crippen LogP contribution < -0.4 is 0 Å². The van der Waals surface area contributed by atoms with E-state index in [0.29, 0.717) is 6.42 Å². The van der Waals surface area contributed by atoms with Crippen LogP contribution in [0.3, 0.4) is 0 Å². The van der Waals surface area contributed by atoms with Crippen molar-refractivity contribution in [1.82, 2.24) is 0 Å². The summed E-state index contributed by atoms with van der Waals surface area (Å²) in [6.07, 6.45) is 6.11. The standard InChI is InChI=1S/C13H13F/c1-13(14)10-6-5-9-12(13)11-7-3-2-4-8-11/h2-9H,10H2,1H3. The molecule has 1 aliphatic carbocycles. The lowest BCUT2D eigenvalue weighted by molar-refractivity contribution is 0.273. The third-order valence-corrected chi connectivity index (χ3v) is 2.55. The highest BCUT2D eigenvalue weighted by Gasteiger charge is 2.29. The van der Waals surface area contributed by atoms with Crippen LogP contribution in [-0.4, -0.2) is 5.67 Å². The fourth-order valence-electron chi connectivity index (χ4n) is 1.75. The minimum atomic E-state index is -1.23. The summed E-state index contributed by atoms with van der Waals surface area (Å²) in [4.78, 5) is 0. The molecule has 0 N–H and O–H groups in total. The largest absolute Gasteiger partial charge is 0.239 e. The van der Waals surface area contributed by atoms with Gasteiger partial charge in [0.2, 0.25) is 0 Å². The van der Waals surface area contributed by atoms with Crippen LogP contribution in [-0.2, 0) is 0 Å². The smallest absolute Gasteiger partial charge is 0.137 e. The maximum absolute atomic E-state index is 14.1. The van der Waals surface area contributed by atoms with E-state index < -0.39 is 5.67 Å². The average molecular weight is 188 g/mol. The van der Waals surface area contributed by atoms with E-state index in [-0.39, 0.29) is 0 Å². The molecule has 14 heavy (non-hydrogen) atoms. The number of allylic oxidation sites excluding steroid dienone is 4. The number of rotatable bonds is 1. The van der Waals surface area contributed by atoms with Crippen molar-refractivity contribution in [2.24, 2.45) is 0 Å². The lowest BCUT2D eigenvalue weighted by Gasteiger charge is -2.25. The number of alkyl halides is 1. The minimum Gasteiger partial charge on any atom is -0.239 e. The van der Waals surface area contributed by atoms with Gasteiger partial charge in [-0.2, -0.15) is 0 Å². The van der Waals surface area contributed by atoms with E-state index in [2.05, 4.69) is 0 Å². The van der Waals surface area contributed by atoms with Crippen LogP contribution in [0.25, 0.3) is 5.57 Å². The van der Waals surface area contributed by atoms with Crippen LogP contribution in [0.2, 0.25) is 0 Å². The molecule has 0 saturated carbocycles. The first-order valence-corrected chi connectivity index (χ1v) is 4.82. The summed E-state index contributed by atoms with van der Waals surface area (Å²) >= 11 is 0. The van der Waals surface area contributed by atoms with E-state index in [4.69, 9.17) is 0 Å². The van der Waals surface area contributed by atoms with Crippen LogP contribution in [0.5, 0.6) is 0 Å². The summed E-state index contributed by atoms with van der Waals surface area (Å²) in [5, 5.41) is 0. The van der Waals surface area contributed by atoms with E-state index >= 15 is 0 Å². The Bertz CT molecular complexity index is 371. The summed E-state index contributed by atoms with van der Waals surface area (Å²) in [5.41, 5.74) is 0.526. The third-order valence-electron chi connectivity index (χ3n) is 2.55. The van der Waals surface area contributed by atoms with Crippen molar-refractivity contribution >= 4 is 5.57 Å². The van der Waals surface area contributed by atoms with Crippen LogP contribution >= 0.6 is 0 Å². The van der Waals surface area contributed by atoms with Gasteiger partial charge in [-0.1, -0.05) is 48.6 Å². The second kappa shape index (κ2) is 3.41. The Morgan fingerprint density at radius 2 is 1.93 bits per heavy atom. The summed E-state index contributed by atoms with van der Waals surface area (Å²) < 4.78 is 14.1. The molecule has 0 nitrogen and oxygen atoms in total. The number of halogens is 1. The van der Waals surface area contributed by atoms with Gasteiger partial charge in [-0.3, -0.25) is 0 Å². The molecular formula is C13H13F. The Morgan fingerprint density at radius 3 is 2.57 bits per heavy atom. The van der Waals surface area contributed by atoms with Crippen LogP contribution in [0.15, 0.2) is 48.6 Å². The van der Waals surface area contributed by atoms with Gasteiger partial charge >= 0.3 is 0 Å². The SMILES string of the molecule is CC1(F)CC=CC=C1c1ccccc1. The van der Waals surface area contributed by atoms with Crippen molar-refractivity contribution in [3.05, 3.63) is 54.1 Å². The molecule has 0 aromatic heterocycles. The van der Waals surface area contributed by atoms with Crippen molar-refractivity contribution < 1.29 is 4.39 Å². The molecule has 1 heteroatoms. The van der Waals surface area contributed by atoms with Crippen LogP contribution in [0.1, 0.15) is 18.9 Å². The van der Waals surface area contributed by atoms with E-state index in [1.54, 1.807) is 6.92 Å².